The number of rotatable bonds is 7. The summed E-state index contributed by atoms with van der Waals surface area (Å²) in [7, 11) is 1.79. The molecule has 0 aliphatic rings. The van der Waals surface area contributed by atoms with Crippen molar-refractivity contribution in [2.75, 3.05) is 18.1 Å². The van der Waals surface area contributed by atoms with Gasteiger partial charge in [-0.25, -0.2) is 0 Å². The van der Waals surface area contributed by atoms with E-state index in [0.717, 1.165) is 30.3 Å². The minimum Gasteiger partial charge on any atom is -0.313 e. The fourth-order valence-electron chi connectivity index (χ4n) is 1.36. The van der Waals surface area contributed by atoms with Crippen LogP contribution in [-0.4, -0.2) is 44.3 Å². The lowest BCUT2D eigenvalue weighted by Crippen LogP contribution is -2.33. The van der Waals surface area contributed by atoms with Gasteiger partial charge < -0.3 is 5.32 Å². The Morgan fingerprint density at radius 1 is 1.47 bits per heavy atom. The first kappa shape index (κ1) is 12.4. The fourth-order valence-corrected chi connectivity index (χ4v) is 2.12. The van der Waals surface area contributed by atoms with Crippen LogP contribution in [0, 0.1) is 0 Å². The highest BCUT2D eigenvalue weighted by Gasteiger charge is 2.11. The van der Waals surface area contributed by atoms with Crippen LogP contribution in [0.5, 0.6) is 0 Å². The van der Waals surface area contributed by atoms with Gasteiger partial charge in [-0.05, 0) is 17.5 Å². The highest BCUT2D eigenvalue weighted by molar-refractivity contribution is 7.99. The molecule has 0 aliphatic heterocycles. The number of tetrazole rings is 1. The predicted molar refractivity (Wildman–Crippen MR) is 63.0 cm³/mol. The van der Waals surface area contributed by atoms with E-state index in [1.807, 2.05) is 11.8 Å². The van der Waals surface area contributed by atoms with Gasteiger partial charge in [0.15, 0.2) is 5.82 Å². The molecule has 5 nitrogen and oxygen atoms in total. The van der Waals surface area contributed by atoms with Crippen LogP contribution < -0.4 is 5.32 Å². The first-order valence-electron chi connectivity index (χ1n) is 5.30. The second-order valence-corrected chi connectivity index (χ2v) is 4.63. The van der Waals surface area contributed by atoms with Crippen molar-refractivity contribution in [1.82, 2.24) is 25.5 Å². The Kier molecular flexibility index (Phi) is 5.63. The summed E-state index contributed by atoms with van der Waals surface area (Å²) < 4.78 is 0. The molecule has 1 heterocycles. The molecule has 0 aromatic carbocycles. The second-order valence-electron chi connectivity index (χ2n) is 3.31. The van der Waals surface area contributed by atoms with Gasteiger partial charge in [-0.1, -0.05) is 13.8 Å². The zero-order chi connectivity index (χ0) is 11.1. The van der Waals surface area contributed by atoms with Crippen molar-refractivity contribution in [2.45, 2.75) is 26.3 Å². The van der Waals surface area contributed by atoms with Crippen LogP contribution in [0.3, 0.4) is 0 Å². The van der Waals surface area contributed by atoms with Gasteiger partial charge in [-0.3, -0.25) is 0 Å². The molecule has 6 heteroatoms. The van der Waals surface area contributed by atoms with Crippen molar-refractivity contribution in [1.29, 1.82) is 0 Å². The molecule has 86 valence electrons. The normalized spacial score (nSPS) is 13.0. The average molecular weight is 229 g/mol. The molecule has 0 fully saturated rings. The minimum absolute atomic E-state index is 0.448. The number of aryl methyl sites for hydroxylation is 1. The number of thioether (sulfide) groups is 1. The lowest BCUT2D eigenvalue weighted by molar-refractivity contribution is 0.556. The van der Waals surface area contributed by atoms with E-state index in [9.17, 15) is 0 Å². The van der Waals surface area contributed by atoms with Gasteiger partial charge in [0.25, 0.3) is 0 Å². The Labute approximate surface area is 95.0 Å². The van der Waals surface area contributed by atoms with Crippen LogP contribution >= 0.6 is 11.8 Å². The van der Waals surface area contributed by atoms with E-state index in [2.05, 4.69) is 34.6 Å². The van der Waals surface area contributed by atoms with Gasteiger partial charge in [0.05, 0.1) is 7.05 Å². The van der Waals surface area contributed by atoms with Gasteiger partial charge in [0, 0.05) is 18.2 Å². The first-order valence-corrected chi connectivity index (χ1v) is 6.45. The molecule has 1 rings (SSSR count). The topological polar surface area (TPSA) is 55.6 Å². The van der Waals surface area contributed by atoms with E-state index in [1.165, 1.54) is 4.80 Å². The minimum atomic E-state index is 0.448. The number of hydrogen-bond acceptors (Lipinski definition) is 5. The Morgan fingerprint density at radius 3 is 2.80 bits per heavy atom. The third-order valence-corrected chi connectivity index (χ3v) is 3.04. The second kappa shape index (κ2) is 6.79. The molecule has 0 radical (unpaired) electrons. The molecule has 0 aliphatic carbocycles. The number of nitrogens with zero attached hydrogens (tertiary/aromatic N) is 4. The molecule has 0 bridgehead atoms. The van der Waals surface area contributed by atoms with E-state index in [-0.39, 0.29) is 0 Å². The summed E-state index contributed by atoms with van der Waals surface area (Å²) in [6, 6.07) is 0.448. The van der Waals surface area contributed by atoms with Crippen LogP contribution in [0.1, 0.15) is 19.7 Å². The van der Waals surface area contributed by atoms with Crippen molar-refractivity contribution in [3.05, 3.63) is 5.82 Å². The first-order chi connectivity index (χ1) is 7.26. The Hall–Kier alpha value is -0.620. The summed E-state index contributed by atoms with van der Waals surface area (Å²) in [5.74, 6) is 3.07. The summed E-state index contributed by atoms with van der Waals surface area (Å²) in [4.78, 5) is 1.51. The maximum Gasteiger partial charge on any atom is 0.176 e. The number of nitrogens with one attached hydrogen (secondary N) is 1. The predicted octanol–water partition coefficient (Wildman–Crippen LogP) is 0.484. The lowest BCUT2D eigenvalue weighted by atomic mass is 10.2. The Bertz CT molecular complexity index is 275. The smallest absolute Gasteiger partial charge is 0.176 e. The molecule has 0 amide bonds. The van der Waals surface area contributed by atoms with Crippen LogP contribution in [0.2, 0.25) is 0 Å². The van der Waals surface area contributed by atoms with Gasteiger partial charge >= 0.3 is 0 Å². The van der Waals surface area contributed by atoms with Gasteiger partial charge in [-0.15, -0.1) is 10.2 Å². The quantitative estimate of drug-likeness (QED) is 0.737. The van der Waals surface area contributed by atoms with E-state index in [0.29, 0.717) is 6.04 Å². The lowest BCUT2D eigenvalue weighted by Gasteiger charge is -2.14. The molecule has 15 heavy (non-hydrogen) atoms. The van der Waals surface area contributed by atoms with Crippen LogP contribution in [0.4, 0.5) is 0 Å². The van der Waals surface area contributed by atoms with Crippen LogP contribution in [0.25, 0.3) is 0 Å². The van der Waals surface area contributed by atoms with Crippen LogP contribution in [0.15, 0.2) is 0 Å². The monoisotopic (exact) mass is 229 g/mol. The third kappa shape index (κ3) is 4.61. The third-order valence-electron chi connectivity index (χ3n) is 1.99. The maximum atomic E-state index is 4.19. The van der Waals surface area contributed by atoms with Gasteiger partial charge in [0.1, 0.15) is 0 Å². The van der Waals surface area contributed by atoms with E-state index in [1.54, 1.807) is 7.05 Å². The molecule has 1 unspecified atom stereocenters. The molecule has 1 aromatic heterocycles. The van der Waals surface area contributed by atoms with Crippen LogP contribution in [-0.2, 0) is 13.5 Å². The molecule has 1 atom stereocenters. The van der Waals surface area contributed by atoms with E-state index in [4.69, 9.17) is 0 Å². The summed E-state index contributed by atoms with van der Waals surface area (Å²) in [6.07, 6.45) is 0.856. The van der Waals surface area contributed by atoms with Gasteiger partial charge in [-0.2, -0.15) is 16.6 Å². The maximum absolute atomic E-state index is 4.19. The summed E-state index contributed by atoms with van der Waals surface area (Å²) in [6.45, 7) is 5.27. The zero-order valence-corrected chi connectivity index (χ0v) is 10.4. The zero-order valence-electron chi connectivity index (χ0n) is 9.60. The van der Waals surface area contributed by atoms with Crippen molar-refractivity contribution >= 4 is 11.8 Å². The highest BCUT2D eigenvalue weighted by atomic mass is 32.2. The standard InChI is InChI=1S/C9H19N5S/c1-4-10-8(7-15-5-2)6-9-11-13-14(3)12-9/h8,10H,4-7H2,1-3H3. The highest BCUT2D eigenvalue weighted by Crippen LogP contribution is 2.05. The number of likely N-dealkylation sites (N-methyl/N-ethyl adjacent to an activating group) is 1. The molecule has 1 aromatic rings. The number of aromatic nitrogens is 4. The summed E-state index contributed by atoms with van der Waals surface area (Å²) >= 11 is 1.94. The van der Waals surface area contributed by atoms with Crippen molar-refractivity contribution in [3.63, 3.8) is 0 Å². The molecular formula is C9H19N5S. The average Bonchev–Trinajstić information content (AvgIpc) is 2.61. The molecule has 0 spiro atoms. The van der Waals surface area contributed by atoms with Gasteiger partial charge in [0.2, 0.25) is 0 Å². The molecule has 0 saturated heterocycles. The van der Waals surface area contributed by atoms with Crippen molar-refractivity contribution in [2.24, 2.45) is 7.05 Å². The van der Waals surface area contributed by atoms with E-state index >= 15 is 0 Å². The summed E-state index contributed by atoms with van der Waals surface area (Å²) in [5.41, 5.74) is 0. The Morgan fingerprint density at radius 2 is 2.27 bits per heavy atom. The van der Waals surface area contributed by atoms with E-state index < -0.39 is 0 Å². The van der Waals surface area contributed by atoms with Crippen molar-refractivity contribution in [3.8, 4) is 0 Å². The summed E-state index contributed by atoms with van der Waals surface area (Å²) in [5, 5.41) is 15.5. The fraction of sp³-hybridized carbons (Fsp3) is 0.889. The molecule has 1 N–H and O–H groups in total. The Balaban J connectivity index is 2.42. The largest absolute Gasteiger partial charge is 0.313 e. The number of hydrogen-bond donors (Lipinski definition) is 1. The SMILES string of the molecule is CCNC(CSCC)Cc1nnn(C)n1. The molecule has 0 saturated carbocycles. The molecular weight excluding hydrogens is 210 g/mol. The van der Waals surface area contributed by atoms with Crippen molar-refractivity contribution < 1.29 is 0 Å².